The summed E-state index contributed by atoms with van der Waals surface area (Å²) in [5.41, 5.74) is -0.779. The Bertz CT molecular complexity index is 889. The van der Waals surface area contributed by atoms with Crippen molar-refractivity contribution in [2.45, 2.75) is 13.5 Å². The molecule has 1 N–H and O–H groups in total. The largest absolute Gasteiger partial charge is 0.468 e. The Kier molecular flexibility index (Phi) is 4.22. The van der Waals surface area contributed by atoms with Crippen molar-refractivity contribution >= 4 is 23.2 Å². The third-order valence-electron chi connectivity index (χ3n) is 3.12. The van der Waals surface area contributed by atoms with E-state index in [-0.39, 0.29) is 17.1 Å². The van der Waals surface area contributed by atoms with Crippen LogP contribution in [0.1, 0.15) is 11.3 Å². The molecule has 0 spiro atoms. The van der Waals surface area contributed by atoms with Crippen LogP contribution in [-0.2, 0) is 18.4 Å². The average molecular weight is 334 g/mol. The molecule has 2 aromatic heterocycles. The maximum Gasteiger partial charge on any atom is 0.468 e. The fraction of sp³-hybridized carbons (Fsp3) is 0.273. The highest BCUT2D eigenvalue weighted by molar-refractivity contribution is 5.91. The van der Waals surface area contributed by atoms with Crippen molar-refractivity contribution in [3.05, 3.63) is 37.7 Å². The van der Waals surface area contributed by atoms with Crippen LogP contribution >= 0.6 is 0 Å². The van der Waals surface area contributed by atoms with Crippen molar-refractivity contribution in [2.75, 3.05) is 5.32 Å². The molecule has 0 aliphatic rings. The maximum atomic E-state index is 12.1. The number of aryl methyl sites for hydroxylation is 1. The molecular weight excluding hydrogens is 324 g/mol. The highest BCUT2D eigenvalue weighted by atomic mass is 16.6. The van der Waals surface area contributed by atoms with Gasteiger partial charge in [0.05, 0.1) is 16.2 Å². The number of hydrogen-bond acceptors (Lipinski definition) is 8. The SMILES string of the molecule is Cc1c([N+](=O)[O-])c([N+](=O)[O-])nn1CC(=O)Nc1c(C#N)cnn1C. The predicted molar refractivity (Wildman–Crippen MR) is 76.8 cm³/mol. The Morgan fingerprint density at radius 2 is 2.08 bits per heavy atom. The quantitative estimate of drug-likeness (QED) is 0.597. The molecule has 2 rings (SSSR count). The van der Waals surface area contributed by atoms with Crippen molar-refractivity contribution in [1.29, 1.82) is 5.26 Å². The molecule has 0 bridgehead atoms. The molecule has 2 aromatic rings. The van der Waals surface area contributed by atoms with Gasteiger partial charge in [-0.05, 0) is 11.8 Å². The number of carbonyl (C=O) groups is 1. The van der Waals surface area contributed by atoms with Crippen LogP contribution in [0.3, 0.4) is 0 Å². The third kappa shape index (κ3) is 2.88. The number of aromatic nitrogens is 4. The van der Waals surface area contributed by atoms with Gasteiger partial charge in [0.2, 0.25) is 5.91 Å². The van der Waals surface area contributed by atoms with Crippen LogP contribution in [0.2, 0.25) is 0 Å². The normalized spacial score (nSPS) is 10.2. The van der Waals surface area contributed by atoms with Gasteiger partial charge in [-0.3, -0.25) is 19.6 Å². The number of carbonyl (C=O) groups excluding carboxylic acids is 1. The summed E-state index contributed by atoms with van der Waals surface area (Å²) in [7, 11) is 1.51. The zero-order valence-corrected chi connectivity index (χ0v) is 12.5. The highest BCUT2D eigenvalue weighted by Gasteiger charge is 2.35. The molecule has 2 heterocycles. The zero-order valence-electron chi connectivity index (χ0n) is 12.5. The van der Waals surface area contributed by atoms with Crippen molar-refractivity contribution in [2.24, 2.45) is 7.05 Å². The molecule has 0 aliphatic carbocycles. The van der Waals surface area contributed by atoms with Crippen LogP contribution < -0.4 is 5.32 Å². The van der Waals surface area contributed by atoms with E-state index in [4.69, 9.17) is 5.26 Å². The lowest BCUT2D eigenvalue weighted by atomic mass is 10.3. The van der Waals surface area contributed by atoms with Crippen LogP contribution in [0.4, 0.5) is 17.3 Å². The molecule has 13 heteroatoms. The van der Waals surface area contributed by atoms with Gasteiger partial charge in [0.1, 0.15) is 29.7 Å². The second-order valence-electron chi connectivity index (χ2n) is 4.62. The number of nitriles is 1. The van der Waals surface area contributed by atoms with Gasteiger partial charge in [0, 0.05) is 7.05 Å². The first-order valence-electron chi connectivity index (χ1n) is 6.34. The number of hydrogen-bond donors (Lipinski definition) is 1. The number of nitrogens with one attached hydrogen (secondary N) is 1. The first kappa shape index (κ1) is 16.5. The lowest BCUT2D eigenvalue weighted by Gasteiger charge is -2.05. The number of nitro groups is 2. The highest BCUT2D eigenvalue weighted by Crippen LogP contribution is 2.29. The molecule has 0 fully saturated rings. The van der Waals surface area contributed by atoms with Crippen molar-refractivity contribution in [3.63, 3.8) is 0 Å². The van der Waals surface area contributed by atoms with Gasteiger partial charge in [-0.2, -0.15) is 15.0 Å². The van der Waals surface area contributed by atoms with E-state index < -0.39 is 33.8 Å². The van der Waals surface area contributed by atoms with E-state index in [1.54, 1.807) is 0 Å². The van der Waals surface area contributed by atoms with Gasteiger partial charge in [-0.1, -0.05) is 0 Å². The smallest absolute Gasteiger partial charge is 0.358 e. The molecule has 1 amide bonds. The fourth-order valence-corrected chi connectivity index (χ4v) is 1.99. The van der Waals surface area contributed by atoms with Crippen LogP contribution in [0.5, 0.6) is 0 Å². The molecular formula is C11H10N8O5. The van der Waals surface area contributed by atoms with Gasteiger partial charge < -0.3 is 15.4 Å². The minimum Gasteiger partial charge on any atom is -0.358 e. The lowest BCUT2D eigenvalue weighted by molar-refractivity contribution is -0.424. The minimum atomic E-state index is -0.992. The molecule has 0 radical (unpaired) electrons. The van der Waals surface area contributed by atoms with Crippen LogP contribution in [-0.4, -0.2) is 35.3 Å². The number of nitrogens with zero attached hydrogens (tertiary/aromatic N) is 7. The Morgan fingerprint density at radius 1 is 1.42 bits per heavy atom. The second kappa shape index (κ2) is 6.12. The molecule has 0 atom stereocenters. The van der Waals surface area contributed by atoms with Crippen molar-refractivity contribution < 1.29 is 14.6 Å². The summed E-state index contributed by atoms with van der Waals surface area (Å²) in [5, 5.41) is 40.4. The number of rotatable bonds is 5. The van der Waals surface area contributed by atoms with E-state index in [1.807, 2.05) is 6.07 Å². The summed E-state index contributed by atoms with van der Waals surface area (Å²) in [6.07, 6.45) is 1.25. The monoisotopic (exact) mass is 334 g/mol. The molecule has 0 saturated carbocycles. The standard InChI is InChI=1S/C11H10N8O5/c1-6-9(18(21)22)11(19(23)24)15-17(6)5-8(20)14-10-7(3-12)4-13-16(10)2/h4H,5H2,1-2H3,(H,14,20). The van der Waals surface area contributed by atoms with E-state index in [1.165, 1.54) is 24.9 Å². The Hall–Kier alpha value is -3.82. The van der Waals surface area contributed by atoms with E-state index in [9.17, 15) is 25.0 Å². The maximum absolute atomic E-state index is 12.1. The first-order chi connectivity index (χ1) is 11.3. The van der Waals surface area contributed by atoms with Gasteiger partial charge in [-0.25, -0.2) is 0 Å². The van der Waals surface area contributed by atoms with Gasteiger partial charge >= 0.3 is 11.5 Å². The summed E-state index contributed by atoms with van der Waals surface area (Å²) in [4.78, 5) is 31.9. The van der Waals surface area contributed by atoms with E-state index in [0.717, 1.165) is 4.68 Å². The Balaban J connectivity index is 2.28. The molecule has 13 nitrogen and oxygen atoms in total. The van der Waals surface area contributed by atoms with E-state index in [0.29, 0.717) is 0 Å². The van der Waals surface area contributed by atoms with E-state index >= 15 is 0 Å². The van der Waals surface area contributed by atoms with Gasteiger partial charge in [0.15, 0.2) is 0 Å². The van der Waals surface area contributed by atoms with Crippen LogP contribution in [0.15, 0.2) is 6.20 Å². The first-order valence-corrected chi connectivity index (χ1v) is 6.34. The zero-order chi connectivity index (χ0) is 18.0. The van der Waals surface area contributed by atoms with Crippen LogP contribution in [0.25, 0.3) is 0 Å². The molecule has 0 aromatic carbocycles. The molecule has 0 saturated heterocycles. The number of anilines is 1. The van der Waals surface area contributed by atoms with Gasteiger partial charge in [-0.15, -0.1) is 0 Å². The fourth-order valence-electron chi connectivity index (χ4n) is 1.99. The third-order valence-corrected chi connectivity index (χ3v) is 3.12. The molecule has 0 aliphatic heterocycles. The summed E-state index contributed by atoms with van der Waals surface area (Å²) in [5.74, 6) is -1.48. The predicted octanol–water partition coefficient (Wildman–Crippen LogP) is 0.252. The van der Waals surface area contributed by atoms with Crippen LogP contribution in [0, 0.1) is 38.5 Å². The molecule has 0 unspecified atom stereocenters. The van der Waals surface area contributed by atoms with E-state index in [2.05, 4.69) is 15.5 Å². The second-order valence-corrected chi connectivity index (χ2v) is 4.62. The summed E-state index contributed by atoms with van der Waals surface area (Å²) in [6, 6.07) is 1.84. The van der Waals surface area contributed by atoms with Gasteiger partial charge in [0.25, 0.3) is 0 Å². The summed E-state index contributed by atoms with van der Waals surface area (Å²) < 4.78 is 2.12. The van der Waals surface area contributed by atoms with Crippen molar-refractivity contribution in [1.82, 2.24) is 19.6 Å². The summed E-state index contributed by atoms with van der Waals surface area (Å²) >= 11 is 0. The Morgan fingerprint density at radius 3 is 2.58 bits per heavy atom. The topological polar surface area (TPSA) is 175 Å². The number of amides is 1. The molecule has 24 heavy (non-hydrogen) atoms. The summed E-state index contributed by atoms with van der Waals surface area (Å²) in [6.45, 7) is 0.743. The molecule has 124 valence electrons. The minimum absolute atomic E-state index is 0.125. The average Bonchev–Trinajstić information content (AvgIpc) is 3.01. The van der Waals surface area contributed by atoms with Crippen molar-refractivity contribution in [3.8, 4) is 6.07 Å². The lowest BCUT2D eigenvalue weighted by Crippen LogP contribution is -2.22. The Labute approximate surface area is 133 Å².